The van der Waals surface area contributed by atoms with Crippen LogP contribution >= 0.6 is 11.3 Å². The maximum Gasteiger partial charge on any atom is 0.338 e. The van der Waals surface area contributed by atoms with Gasteiger partial charge in [0, 0.05) is 12.2 Å². The minimum atomic E-state index is -0.619. The van der Waals surface area contributed by atoms with Gasteiger partial charge in [-0.3, -0.25) is 9.59 Å². The van der Waals surface area contributed by atoms with Gasteiger partial charge < -0.3 is 15.4 Å². The molecule has 0 fully saturated rings. The van der Waals surface area contributed by atoms with Crippen LogP contribution in [0.5, 0.6) is 0 Å². The molecule has 6 nitrogen and oxygen atoms in total. The number of hydrogen-bond donors (Lipinski definition) is 2. The number of benzene rings is 1. The fraction of sp³-hybridized carbons (Fsp3) is 0.278. The number of thiophene rings is 1. The van der Waals surface area contributed by atoms with Crippen molar-refractivity contribution in [1.29, 1.82) is 0 Å². The van der Waals surface area contributed by atoms with Gasteiger partial charge in [0.2, 0.25) is 0 Å². The molecule has 25 heavy (non-hydrogen) atoms. The lowest BCUT2D eigenvalue weighted by Gasteiger charge is -2.09. The molecule has 0 bridgehead atoms. The fourth-order valence-corrected chi connectivity index (χ4v) is 2.53. The molecule has 2 amide bonds. The maximum absolute atomic E-state index is 12.0. The van der Waals surface area contributed by atoms with E-state index in [9.17, 15) is 14.4 Å². The van der Waals surface area contributed by atoms with E-state index in [1.54, 1.807) is 30.3 Å². The molecule has 0 aliphatic heterocycles. The molecule has 1 aromatic heterocycles. The lowest BCUT2D eigenvalue weighted by molar-refractivity contribution is -0.124. The van der Waals surface area contributed by atoms with Gasteiger partial charge >= 0.3 is 5.97 Å². The summed E-state index contributed by atoms with van der Waals surface area (Å²) in [5, 5.41) is 7.20. The van der Waals surface area contributed by atoms with Crippen molar-refractivity contribution in [1.82, 2.24) is 5.32 Å². The van der Waals surface area contributed by atoms with Crippen molar-refractivity contribution in [3.8, 4) is 0 Å². The summed E-state index contributed by atoms with van der Waals surface area (Å²) in [6.07, 6.45) is 0. The second kappa shape index (κ2) is 8.98. The van der Waals surface area contributed by atoms with Crippen LogP contribution in [0.4, 0.5) is 5.69 Å². The van der Waals surface area contributed by atoms with Crippen molar-refractivity contribution in [3.05, 3.63) is 52.2 Å². The molecule has 0 saturated carbocycles. The Balaban J connectivity index is 1.90. The highest BCUT2D eigenvalue weighted by atomic mass is 32.1. The van der Waals surface area contributed by atoms with E-state index < -0.39 is 5.97 Å². The molecule has 2 aromatic rings. The average molecular weight is 360 g/mol. The lowest BCUT2D eigenvalue weighted by atomic mass is 10.2. The van der Waals surface area contributed by atoms with Gasteiger partial charge in [0.25, 0.3) is 11.8 Å². The predicted molar refractivity (Wildman–Crippen MR) is 96.8 cm³/mol. The number of anilines is 1. The topological polar surface area (TPSA) is 84.5 Å². The second-order valence-corrected chi connectivity index (χ2v) is 6.73. The zero-order valence-electron chi connectivity index (χ0n) is 14.1. The minimum Gasteiger partial charge on any atom is -0.452 e. The number of carbonyl (C=O) groups excluding carboxylic acids is 3. The summed E-state index contributed by atoms with van der Waals surface area (Å²) in [4.78, 5) is 36.2. The van der Waals surface area contributed by atoms with E-state index in [1.165, 1.54) is 17.4 Å². The van der Waals surface area contributed by atoms with E-state index in [0.717, 1.165) is 0 Å². The third-order valence-electron chi connectivity index (χ3n) is 3.14. The van der Waals surface area contributed by atoms with Gasteiger partial charge in [-0.05, 0) is 35.6 Å². The SMILES string of the molecule is CC(C)CNC(=O)COC(=O)c1cccc(NC(=O)c2cccs2)c1. The largest absolute Gasteiger partial charge is 0.452 e. The summed E-state index contributed by atoms with van der Waals surface area (Å²) < 4.78 is 4.99. The number of amides is 2. The summed E-state index contributed by atoms with van der Waals surface area (Å²) in [5.41, 5.74) is 0.748. The van der Waals surface area contributed by atoms with E-state index in [4.69, 9.17) is 4.74 Å². The second-order valence-electron chi connectivity index (χ2n) is 5.79. The van der Waals surface area contributed by atoms with Crippen LogP contribution in [0, 0.1) is 5.92 Å². The Hall–Kier alpha value is -2.67. The highest BCUT2D eigenvalue weighted by molar-refractivity contribution is 7.12. The van der Waals surface area contributed by atoms with E-state index in [-0.39, 0.29) is 24.0 Å². The Morgan fingerprint density at radius 3 is 2.64 bits per heavy atom. The first-order chi connectivity index (χ1) is 12.0. The third kappa shape index (κ3) is 6.04. The molecule has 7 heteroatoms. The molecule has 0 unspecified atom stereocenters. The smallest absolute Gasteiger partial charge is 0.338 e. The standard InChI is InChI=1S/C18H20N2O4S/c1-12(2)10-19-16(21)11-24-18(23)13-5-3-6-14(9-13)20-17(22)15-7-4-8-25-15/h3-9,12H,10-11H2,1-2H3,(H,19,21)(H,20,22). The van der Waals surface area contributed by atoms with Crippen LogP contribution in [0.1, 0.15) is 33.9 Å². The zero-order valence-corrected chi connectivity index (χ0v) is 14.9. The lowest BCUT2D eigenvalue weighted by Crippen LogP contribution is -2.31. The van der Waals surface area contributed by atoms with Crippen LogP contribution in [0.25, 0.3) is 0 Å². The van der Waals surface area contributed by atoms with Crippen LogP contribution in [-0.4, -0.2) is 30.9 Å². The molecule has 132 valence electrons. The van der Waals surface area contributed by atoms with Crippen molar-refractivity contribution >= 4 is 34.8 Å². The molecule has 2 rings (SSSR count). The van der Waals surface area contributed by atoms with Crippen LogP contribution < -0.4 is 10.6 Å². The van der Waals surface area contributed by atoms with Crippen LogP contribution in [0.15, 0.2) is 41.8 Å². The summed E-state index contributed by atoms with van der Waals surface area (Å²) in [7, 11) is 0. The Morgan fingerprint density at radius 2 is 1.96 bits per heavy atom. The number of nitrogens with one attached hydrogen (secondary N) is 2. The number of esters is 1. The van der Waals surface area contributed by atoms with E-state index in [1.807, 2.05) is 19.2 Å². The van der Waals surface area contributed by atoms with E-state index in [0.29, 0.717) is 23.0 Å². The first-order valence-electron chi connectivity index (χ1n) is 7.84. The Morgan fingerprint density at radius 1 is 1.16 bits per heavy atom. The van der Waals surface area contributed by atoms with Gasteiger partial charge in [-0.1, -0.05) is 26.0 Å². The zero-order chi connectivity index (χ0) is 18.2. The van der Waals surface area contributed by atoms with Gasteiger partial charge in [-0.15, -0.1) is 11.3 Å². The molecule has 0 radical (unpaired) electrons. The molecule has 0 aliphatic rings. The number of rotatable bonds is 7. The van der Waals surface area contributed by atoms with Gasteiger partial charge in [0.05, 0.1) is 10.4 Å². The molecular formula is C18H20N2O4S. The monoisotopic (exact) mass is 360 g/mol. The van der Waals surface area contributed by atoms with Gasteiger partial charge in [0.1, 0.15) is 0 Å². The van der Waals surface area contributed by atoms with Crippen molar-refractivity contribution < 1.29 is 19.1 Å². The summed E-state index contributed by atoms with van der Waals surface area (Å²) >= 11 is 1.33. The summed E-state index contributed by atoms with van der Waals surface area (Å²) in [6.45, 7) is 4.14. The van der Waals surface area contributed by atoms with Crippen molar-refractivity contribution in [2.75, 3.05) is 18.5 Å². The van der Waals surface area contributed by atoms with Gasteiger partial charge in [0.15, 0.2) is 6.61 Å². The van der Waals surface area contributed by atoms with Crippen molar-refractivity contribution in [2.45, 2.75) is 13.8 Å². The minimum absolute atomic E-state index is 0.242. The van der Waals surface area contributed by atoms with E-state index in [2.05, 4.69) is 10.6 Å². The van der Waals surface area contributed by atoms with Crippen LogP contribution in [0.2, 0.25) is 0 Å². The summed E-state index contributed by atoms with van der Waals surface area (Å²) in [5.74, 6) is -0.881. The van der Waals surface area contributed by atoms with E-state index >= 15 is 0 Å². The molecular weight excluding hydrogens is 340 g/mol. The van der Waals surface area contributed by atoms with Gasteiger partial charge in [-0.25, -0.2) is 4.79 Å². The summed E-state index contributed by atoms with van der Waals surface area (Å²) in [6, 6.07) is 9.90. The molecule has 0 aliphatic carbocycles. The number of carbonyl (C=O) groups is 3. The van der Waals surface area contributed by atoms with Crippen molar-refractivity contribution in [2.24, 2.45) is 5.92 Å². The maximum atomic E-state index is 12.0. The highest BCUT2D eigenvalue weighted by Crippen LogP contribution is 2.15. The first kappa shape index (κ1) is 18.7. The Labute approximate surface area is 150 Å². The first-order valence-corrected chi connectivity index (χ1v) is 8.72. The van der Waals surface area contributed by atoms with Crippen molar-refractivity contribution in [3.63, 3.8) is 0 Å². The average Bonchev–Trinajstić information content (AvgIpc) is 3.12. The highest BCUT2D eigenvalue weighted by Gasteiger charge is 2.12. The Kier molecular flexibility index (Phi) is 6.71. The number of ether oxygens (including phenoxy) is 1. The molecule has 0 saturated heterocycles. The fourth-order valence-electron chi connectivity index (χ4n) is 1.91. The van der Waals surface area contributed by atoms with Crippen LogP contribution in [-0.2, 0) is 9.53 Å². The Bertz CT molecular complexity index is 741. The van der Waals surface area contributed by atoms with Gasteiger partial charge in [-0.2, -0.15) is 0 Å². The predicted octanol–water partition coefficient (Wildman–Crippen LogP) is 2.93. The quantitative estimate of drug-likeness (QED) is 0.744. The normalized spacial score (nSPS) is 10.4. The molecule has 1 aromatic carbocycles. The third-order valence-corrected chi connectivity index (χ3v) is 4.01. The molecule has 0 atom stereocenters. The molecule has 2 N–H and O–H groups in total. The van der Waals surface area contributed by atoms with Crippen LogP contribution in [0.3, 0.4) is 0 Å². The molecule has 0 spiro atoms. The number of hydrogen-bond acceptors (Lipinski definition) is 5. The molecule has 1 heterocycles.